The van der Waals surface area contributed by atoms with Crippen molar-refractivity contribution < 1.29 is 23.8 Å². The number of urea groups is 1. The molecule has 0 aromatic heterocycles. The first-order chi connectivity index (χ1) is 17.8. The monoisotopic (exact) mass is 515 g/mol. The molecule has 204 valence electrons. The van der Waals surface area contributed by atoms with Crippen LogP contribution in [0.2, 0.25) is 0 Å². The van der Waals surface area contributed by atoms with Gasteiger partial charge in [-0.15, -0.1) is 0 Å². The second kappa shape index (κ2) is 10.5. The van der Waals surface area contributed by atoms with Gasteiger partial charge in [0.2, 0.25) is 5.91 Å². The molecule has 1 aromatic rings. The van der Waals surface area contributed by atoms with E-state index in [1.165, 1.54) is 6.07 Å². The molecule has 0 radical (unpaired) electrons. The van der Waals surface area contributed by atoms with Crippen LogP contribution >= 0.6 is 0 Å². The molecule has 5 unspecified atom stereocenters. The minimum Gasteiger partial charge on any atom is -0.394 e. The topological polar surface area (TPSA) is 82.1 Å². The molecular formula is C29H42FN3O4. The predicted molar refractivity (Wildman–Crippen MR) is 139 cm³/mol. The van der Waals surface area contributed by atoms with Crippen LogP contribution in [0.4, 0.5) is 14.9 Å². The van der Waals surface area contributed by atoms with E-state index in [0.717, 1.165) is 38.5 Å². The van der Waals surface area contributed by atoms with Gasteiger partial charge in [0.05, 0.1) is 24.4 Å². The van der Waals surface area contributed by atoms with E-state index in [4.69, 9.17) is 4.74 Å². The Hall–Kier alpha value is -2.19. The first-order valence-corrected chi connectivity index (χ1v) is 14.0. The van der Waals surface area contributed by atoms with E-state index >= 15 is 0 Å². The summed E-state index contributed by atoms with van der Waals surface area (Å²) in [5.41, 5.74) is 0.119. The Bertz CT molecular complexity index is 995. The number of benzene rings is 1. The third-order valence-electron chi connectivity index (χ3n) is 10.0. The van der Waals surface area contributed by atoms with Crippen LogP contribution in [0.5, 0.6) is 0 Å². The molecule has 4 aliphatic rings. The van der Waals surface area contributed by atoms with Gasteiger partial charge in [0.15, 0.2) is 0 Å². The number of anilines is 1. The molecule has 5 rings (SSSR count). The molecule has 8 heteroatoms. The predicted octanol–water partition coefficient (Wildman–Crippen LogP) is 4.37. The molecule has 0 bridgehead atoms. The molecule has 7 nitrogen and oxygen atoms in total. The molecule has 4 fully saturated rings. The Morgan fingerprint density at radius 1 is 1.16 bits per heavy atom. The van der Waals surface area contributed by atoms with Crippen LogP contribution in [0, 0.1) is 40.8 Å². The summed E-state index contributed by atoms with van der Waals surface area (Å²) in [5.74, 6) is 1.36. The number of ether oxygens (including phenoxy) is 1. The van der Waals surface area contributed by atoms with Crippen molar-refractivity contribution in [1.82, 2.24) is 9.80 Å². The Balaban J connectivity index is 1.39. The summed E-state index contributed by atoms with van der Waals surface area (Å²) in [5, 5.41) is 13.3. The number of amides is 3. The van der Waals surface area contributed by atoms with Crippen LogP contribution in [0.3, 0.4) is 0 Å². The van der Waals surface area contributed by atoms with Gasteiger partial charge in [-0.3, -0.25) is 4.79 Å². The molecule has 2 heterocycles. The highest BCUT2D eigenvalue weighted by molar-refractivity contribution is 5.89. The average Bonchev–Trinajstić information content (AvgIpc) is 3.29. The zero-order valence-electron chi connectivity index (χ0n) is 22.4. The number of nitrogens with zero attached hydrogens (tertiary/aromatic N) is 2. The number of hydrogen-bond acceptors (Lipinski definition) is 4. The number of nitrogens with one attached hydrogen (secondary N) is 1. The highest BCUT2D eigenvalue weighted by Crippen LogP contribution is 2.62. The SMILES string of the molecule is COC1CCC2C(C1)CC1C2C2(CCN(C(=O)Nc3ccccc3F)CC2)CN(C(=O)C(C)C)[C@H]1CO. The first-order valence-electron chi connectivity index (χ1n) is 14.0. The molecule has 6 atom stereocenters. The molecule has 3 amide bonds. The quantitative estimate of drug-likeness (QED) is 0.624. The van der Waals surface area contributed by atoms with Gasteiger partial charge in [0, 0.05) is 32.7 Å². The van der Waals surface area contributed by atoms with Gasteiger partial charge in [-0.25, -0.2) is 9.18 Å². The van der Waals surface area contributed by atoms with Crippen molar-refractivity contribution in [3.05, 3.63) is 30.1 Å². The van der Waals surface area contributed by atoms with Gasteiger partial charge in [0.25, 0.3) is 0 Å². The fraction of sp³-hybridized carbons (Fsp3) is 0.724. The van der Waals surface area contributed by atoms with Crippen LogP contribution in [-0.4, -0.2) is 72.3 Å². The van der Waals surface area contributed by atoms with E-state index < -0.39 is 5.82 Å². The molecule has 2 saturated carbocycles. The number of hydrogen-bond donors (Lipinski definition) is 2. The van der Waals surface area contributed by atoms with Crippen molar-refractivity contribution in [1.29, 1.82) is 0 Å². The number of carbonyl (C=O) groups excluding carboxylic acids is 2. The standard InChI is InChI=1S/C29H42FN3O4/c1-18(2)27(35)33-17-29(10-12-32(13-11-29)28(36)31-24-7-5-4-6-23(24)30)26-21-9-8-20(37-3)14-19(21)15-22(26)25(33)16-34/h4-7,18-22,25-26,34H,8-17H2,1-3H3,(H,31,36)/t19?,20?,21?,22?,25-,26?/m0/s1. The summed E-state index contributed by atoms with van der Waals surface area (Å²) in [7, 11) is 1.80. The number of rotatable bonds is 4. The van der Waals surface area contributed by atoms with Gasteiger partial charge in [-0.2, -0.15) is 0 Å². The summed E-state index contributed by atoms with van der Waals surface area (Å²) in [6.07, 6.45) is 6.19. The molecule has 2 N–H and O–H groups in total. The van der Waals surface area contributed by atoms with Crippen molar-refractivity contribution in [3.63, 3.8) is 0 Å². The average molecular weight is 516 g/mol. The van der Waals surface area contributed by atoms with E-state index in [1.54, 1.807) is 30.2 Å². The van der Waals surface area contributed by atoms with Crippen molar-refractivity contribution >= 4 is 17.6 Å². The van der Waals surface area contributed by atoms with Gasteiger partial charge in [-0.1, -0.05) is 26.0 Å². The molecule has 1 aromatic carbocycles. The van der Waals surface area contributed by atoms with Crippen molar-refractivity contribution in [2.45, 2.75) is 64.5 Å². The lowest BCUT2D eigenvalue weighted by Crippen LogP contribution is -2.64. The number of aliphatic hydroxyl groups excluding tert-OH is 1. The summed E-state index contributed by atoms with van der Waals surface area (Å²) in [6, 6.07) is 5.81. The fourth-order valence-corrected chi connectivity index (χ4v) is 8.32. The van der Waals surface area contributed by atoms with Crippen molar-refractivity contribution in [2.24, 2.45) is 35.0 Å². The van der Waals surface area contributed by atoms with Crippen LogP contribution in [0.15, 0.2) is 24.3 Å². The Labute approximate surface area is 219 Å². The maximum absolute atomic E-state index is 14.1. The van der Waals surface area contributed by atoms with E-state index in [0.29, 0.717) is 43.5 Å². The lowest BCUT2D eigenvalue weighted by molar-refractivity contribution is -0.156. The highest BCUT2D eigenvalue weighted by Gasteiger charge is 2.61. The number of carbonyl (C=O) groups is 2. The second-order valence-electron chi connectivity index (χ2n) is 12.2. The number of methoxy groups -OCH3 is 1. The largest absolute Gasteiger partial charge is 0.394 e. The molecule has 2 saturated heterocycles. The number of aliphatic hydroxyl groups is 1. The van der Waals surface area contributed by atoms with E-state index in [2.05, 4.69) is 5.32 Å². The van der Waals surface area contributed by atoms with Crippen LogP contribution in [-0.2, 0) is 9.53 Å². The van der Waals surface area contributed by atoms with Gasteiger partial charge >= 0.3 is 6.03 Å². The van der Waals surface area contributed by atoms with Crippen LogP contribution in [0.1, 0.15) is 52.4 Å². The minimum absolute atomic E-state index is 0.0000235. The van der Waals surface area contributed by atoms with Gasteiger partial charge in [0.1, 0.15) is 5.82 Å². The maximum atomic E-state index is 14.1. The molecule has 2 aliphatic carbocycles. The second-order valence-corrected chi connectivity index (χ2v) is 12.2. The Kier molecular flexibility index (Phi) is 7.51. The maximum Gasteiger partial charge on any atom is 0.321 e. The van der Waals surface area contributed by atoms with Crippen LogP contribution < -0.4 is 5.32 Å². The molecular weight excluding hydrogens is 473 g/mol. The number of halogens is 1. The smallest absolute Gasteiger partial charge is 0.321 e. The molecule has 1 spiro atoms. The fourth-order valence-electron chi connectivity index (χ4n) is 8.32. The summed E-state index contributed by atoms with van der Waals surface area (Å²) in [6.45, 7) is 5.67. The van der Waals surface area contributed by atoms with Crippen molar-refractivity contribution in [2.75, 3.05) is 38.7 Å². The zero-order chi connectivity index (χ0) is 26.3. The lowest BCUT2D eigenvalue weighted by atomic mass is 9.57. The number of fused-ring (bicyclic) bond motifs is 4. The van der Waals surface area contributed by atoms with Gasteiger partial charge < -0.3 is 25.0 Å². The van der Waals surface area contributed by atoms with E-state index in [1.807, 2.05) is 18.7 Å². The highest BCUT2D eigenvalue weighted by atomic mass is 19.1. The number of para-hydroxylation sites is 1. The van der Waals surface area contributed by atoms with E-state index in [9.17, 15) is 19.1 Å². The number of piperidine rings is 2. The Morgan fingerprint density at radius 3 is 2.54 bits per heavy atom. The van der Waals surface area contributed by atoms with Crippen molar-refractivity contribution in [3.8, 4) is 0 Å². The summed E-state index contributed by atoms with van der Waals surface area (Å²) >= 11 is 0. The normalized spacial score (nSPS) is 32.8. The van der Waals surface area contributed by atoms with E-state index in [-0.39, 0.29) is 47.5 Å². The first kappa shape index (κ1) is 26.4. The summed E-state index contributed by atoms with van der Waals surface area (Å²) < 4.78 is 19.9. The van der Waals surface area contributed by atoms with Gasteiger partial charge in [-0.05, 0) is 79.7 Å². The minimum atomic E-state index is -0.444. The summed E-state index contributed by atoms with van der Waals surface area (Å²) in [4.78, 5) is 30.2. The Morgan fingerprint density at radius 2 is 1.89 bits per heavy atom. The molecule has 2 aliphatic heterocycles. The number of likely N-dealkylation sites (tertiary alicyclic amines) is 2. The third-order valence-corrected chi connectivity index (χ3v) is 10.0. The zero-order valence-corrected chi connectivity index (χ0v) is 22.4. The third kappa shape index (κ3) is 4.76. The molecule has 37 heavy (non-hydrogen) atoms. The van der Waals surface area contributed by atoms with Crippen LogP contribution in [0.25, 0.3) is 0 Å². The lowest BCUT2D eigenvalue weighted by Gasteiger charge is -2.58.